The first-order valence-electron chi connectivity index (χ1n) is 12.2. The van der Waals surface area contributed by atoms with E-state index < -0.39 is 23.5 Å². The van der Waals surface area contributed by atoms with Gasteiger partial charge in [-0.1, -0.05) is 30.7 Å². The van der Waals surface area contributed by atoms with Crippen LogP contribution in [-0.4, -0.2) is 30.5 Å². The van der Waals surface area contributed by atoms with E-state index in [2.05, 4.69) is 0 Å². The molecule has 0 bridgehead atoms. The number of nitrogens with zero attached hydrogens (tertiary/aromatic N) is 2. The molecule has 1 aliphatic heterocycles. The van der Waals surface area contributed by atoms with E-state index in [9.17, 15) is 20.0 Å². The van der Waals surface area contributed by atoms with Gasteiger partial charge in [-0.2, -0.15) is 5.26 Å². The number of fused-ring (bicyclic) bond motifs is 1. The van der Waals surface area contributed by atoms with Gasteiger partial charge in [-0.05, 0) is 60.5 Å². The molecule has 0 radical (unpaired) electrons. The summed E-state index contributed by atoms with van der Waals surface area (Å²) in [6.07, 6.45) is 0.841. The minimum Gasteiger partial charge on any atom is -0.503 e. The lowest BCUT2D eigenvalue weighted by atomic mass is 9.94. The molecule has 39 heavy (non-hydrogen) atoms. The molecule has 1 amide bonds. The minimum absolute atomic E-state index is 0.0884. The van der Waals surface area contributed by atoms with E-state index in [-0.39, 0.29) is 11.3 Å². The predicted octanol–water partition coefficient (Wildman–Crippen LogP) is 6.54. The third-order valence-corrected chi connectivity index (χ3v) is 6.60. The van der Waals surface area contributed by atoms with Crippen LogP contribution in [0.5, 0.6) is 11.5 Å². The van der Waals surface area contributed by atoms with Crippen LogP contribution >= 0.6 is 11.6 Å². The second-order valence-corrected chi connectivity index (χ2v) is 9.32. The Bertz CT molecular complexity index is 1650. The van der Waals surface area contributed by atoms with Crippen LogP contribution in [0.15, 0.2) is 82.5 Å². The van der Waals surface area contributed by atoms with Crippen LogP contribution in [0.4, 0.5) is 5.69 Å². The van der Waals surface area contributed by atoms with Crippen molar-refractivity contribution < 1.29 is 28.6 Å². The topological polar surface area (TPSA) is 113 Å². The van der Waals surface area contributed by atoms with Gasteiger partial charge in [0.05, 0.1) is 37.0 Å². The molecule has 9 heteroatoms. The maximum Gasteiger partial charge on any atom is 0.294 e. The van der Waals surface area contributed by atoms with E-state index in [1.807, 2.05) is 13.0 Å². The average molecular weight is 543 g/mol. The number of methoxy groups -OCH3 is 1. The summed E-state index contributed by atoms with van der Waals surface area (Å²) in [5.41, 5.74) is 1.55. The van der Waals surface area contributed by atoms with Crippen molar-refractivity contribution in [3.8, 4) is 17.6 Å². The van der Waals surface area contributed by atoms with Gasteiger partial charge >= 0.3 is 0 Å². The summed E-state index contributed by atoms with van der Waals surface area (Å²) in [5, 5.41) is 21.2. The number of benzene rings is 3. The zero-order valence-corrected chi connectivity index (χ0v) is 21.9. The van der Waals surface area contributed by atoms with Crippen LogP contribution in [0.1, 0.15) is 41.1 Å². The fourth-order valence-corrected chi connectivity index (χ4v) is 4.78. The molecule has 1 N–H and O–H groups in total. The molecular formula is C30H23ClN2O6. The highest BCUT2D eigenvalue weighted by Crippen LogP contribution is 2.43. The maximum atomic E-state index is 13.9. The van der Waals surface area contributed by atoms with Gasteiger partial charge in [0, 0.05) is 22.2 Å². The maximum absolute atomic E-state index is 13.9. The number of nitriles is 1. The van der Waals surface area contributed by atoms with E-state index in [4.69, 9.17) is 25.5 Å². The van der Waals surface area contributed by atoms with Crippen molar-refractivity contribution in [3.05, 3.63) is 100.0 Å². The Morgan fingerprint density at radius 2 is 1.85 bits per heavy atom. The summed E-state index contributed by atoms with van der Waals surface area (Å²) in [7, 11) is 1.46. The van der Waals surface area contributed by atoms with Crippen LogP contribution in [0.2, 0.25) is 5.02 Å². The number of halogens is 1. The molecule has 2 heterocycles. The number of carbonyl (C=O) groups excluding carboxylic acids is 2. The van der Waals surface area contributed by atoms with Crippen LogP contribution in [-0.2, 0) is 4.79 Å². The first-order valence-corrected chi connectivity index (χ1v) is 12.6. The van der Waals surface area contributed by atoms with E-state index in [0.29, 0.717) is 50.9 Å². The predicted molar refractivity (Wildman–Crippen MR) is 145 cm³/mol. The van der Waals surface area contributed by atoms with Gasteiger partial charge < -0.3 is 19.0 Å². The van der Waals surface area contributed by atoms with E-state index in [0.717, 1.165) is 6.42 Å². The van der Waals surface area contributed by atoms with Crippen molar-refractivity contribution in [1.82, 2.24) is 0 Å². The Morgan fingerprint density at radius 3 is 2.49 bits per heavy atom. The van der Waals surface area contributed by atoms with Crippen LogP contribution < -0.4 is 14.4 Å². The lowest BCUT2D eigenvalue weighted by molar-refractivity contribution is -0.117. The van der Waals surface area contributed by atoms with Crippen molar-refractivity contribution in [2.45, 2.75) is 19.4 Å². The molecule has 0 spiro atoms. The molecule has 0 fully saturated rings. The zero-order chi connectivity index (χ0) is 27.7. The van der Waals surface area contributed by atoms with Gasteiger partial charge in [-0.25, -0.2) is 0 Å². The lowest BCUT2D eigenvalue weighted by Crippen LogP contribution is -2.31. The number of carbonyl (C=O) groups is 2. The monoisotopic (exact) mass is 542 g/mol. The molecule has 1 aliphatic rings. The number of anilines is 1. The van der Waals surface area contributed by atoms with Gasteiger partial charge in [-0.15, -0.1) is 0 Å². The molecule has 1 atom stereocenters. The second-order valence-electron chi connectivity index (χ2n) is 8.88. The Hall–Kier alpha value is -4.74. The number of Topliss-reactive ketones (excluding diaryl/α,β-unsaturated/α-hetero) is 1. The molecule has 1 unspecified atom stereocenters. The third kappa shape index (κ3) is 4.69. The number of hydrogen-bond donors (Lipinski definition) is 1. The number of amides is 1. The molecule has 0 aliphatic carbocycles. The van der Waals surface area contributed by atoms with Crippen molar-refractivity contribution in [2.24, 2.45) is 0 Å². The average Bonchev–Trinajstić information content (AvgIpc) is 3.50. The van der Waals surface area contributed by atoms with Crippen molar-refractivity contribution >= 4 is 39.9 Å². The van der Waals surface area contributed by atoms with Gasteiger partial charge in [-0.3, -0.25) is 14.5 Å². The normalized spacial score (nSPS) is 15.1. The molecule has 3 aromatic carbocycles. The molecular weight excluding hydrogens is 520 g/mol. The number of ether oxygens (including phenoxy) is 2. The first-order chi connectivity index (χ1) is 18.9. The van der Waals surface area contributed by atoms with Crippen molar-refractivity contribution in [2.75, 3.05) is 18.6 Å². The van der Waals surface area contributed by atoms with Crippen molar-refractivity contribution in [1.29, 1.82) is 5.26 Å². The van der Waals surface area contributed by atoms with Crippen molar-refractivity contribution in [3.63, 3.8) is 0 Å². The van der Waals surface area contributed by atoms with Crippen LogP contribution in [0.3, 0.4) is 0 Å². The number of furan rings is 1. The highest BCUT2D eigenvalue weighted by molar-refractivity contribution is 6.31. The second kappa shape index (κ2) is 10.6. The summed E-state index contributed by atoms with van der Waals surface area (Å²) < 4.78 is 16.9. The summed E-state index contributed by atoms with van der Waals surface area (Å²) in [4.78, 5) is 28.6. The first kappa shape index (κ1) is 25.9. The minimum atomic E-state index is -0.975. The number of aliphatic hydroxyl groups excluding tert-OH is 1. The van der Waals surface area contributed by atoms with Gasteiger partial charge in [0.15, 0.2) is 22.9 Å². The van der Waals surface area contributed by atoms with E-state index in [1.54, 1.807) is 60.7 Å². The third-order valence-electron chi connectivity index (χ3n) is 6.39. The standard InChI is InChI=1S/C30H23ClN2O6/c1-3-12-38-22-10-6-18(7-11-22)26-25(28(35)30(36)33(26)21-8-4-17(16-32)5-9-21)27(34)23-14-19-13-20(31)15-24(37-2)29(19)39-23/h4-11,13-15,26,35H,3,12H2,1-2H3. The van der Waals surface area contributed by atoms with Gasteiger partial charge in [0.25, 0.3) is 5.91 Å². The summed E-state index contributed by atoms with van der Waals surface area (Å²) >= 11 is 6.18. The highest BCUT2D eigenvalue weighted by Gasteiger charge is 2.45. The molecule has 8 nitrogen and oxygen atoms in total. The number of hydrogen-bond acceptors (Lipinski definition) is 7. The summed E-state index contributed by atoms with van der Waals surface area (Å²) in [5.74, 6) is -1.22. The summed E-state index contributed by atoms with van der Waals surface area (Å²) in [6, 6.07) is 19.1. The number of aliphatic hydroxyl groups is 1. The molecule has 1 aromatic heterocycles. The molecule has 5 rings (SSSR count). The van der Waals surface area contributed by atoms with Gasteiger partial charge in [0.1, 0.15) is 5.75 Å². The lowest BCUT2D eigenvalue weighted by Gasteiger charge is -2.27. The number of ketones is 1. The Kier molecular flexibility index (Phi) is 7.01. The Labute approximate surface area is 229 Å². The zero-order valence-electron chi connectivity index (χ0n) is 21.1. The van der Waals surface area contributed by atoms with E-state index >= 15 is 0 Å². The Morgan fingerprint density at radius 1 is 1.13 bits per heavy atom. The van der Waals surface area contributed by atoms with Gasteiger partial charge in [0.2, 0.25) is 5.78 Å². The molecule has 4 aromatic rings. The Balaban J connectivity index is 1.62. The van der Waals surface area contributed by atoms with Crippen LogP contribution in [0, 0.1) is 11.3 Å². The van der Waals surface area contributed by atoms with E-state index in [1.165, 1.54) is 18.1 Å². The van der Waals surface area contributed by atoms with Crippen LogP contribution in [0.25, 0.3) is 11.0 Å². The fourth-order valence-electron chi connectivity index (χ4n) is 4.56. The smallest absolute Gasteiger partial charge is 0.294 e. The molecule has 0 saturated carbocycles. The molecule has 196 valence electrons. The molecule has 0 saturated heterocycles. The highest BCUT2D eigenvalue weighted by atomic mass is 35.5. The fraction of sp³-hybridized carbons (Fsp3) is 0.167. The number of rotatable bonds is 8. The SMILES string of the molecule is CCCOc1ccc(C2C(C(=O)c3cc4cc(Cl)cc(OC)c4o3)=C(O)C(=O)N2c2ccc(C#N)cc2)cc1. The summed E-state index contributed by atoms with van der Waals surface area (Å²) in [6.45, 7) is 2.55. The largest absolute Gasteiger partial charge is 0.503 e. The quantitative estimate of drug-likeness (QED) is 0.251.